The van der Waals surface area contributed by atoms with Crippen LogP contribution in [-0.2, 0) is 98.7 Å². The number of hydrogen-bond acceptors (Lipinski definition) is 19. The van der Waals surface area contributed by atoms with Crippen molar-refractivity contribution < 1.29 is 90.5 Å². The highest BCUT2D eigenvalue weighted by atomic mass is 16.6. The van der Waals surface area contributed by atoms with Crippen LogP contribution < -0.4 is 21.3 Å². The second kappa shape index (κ2) is 48.3. The van der Waals surface area contributed by atoms with Gasteiger partial charge in [0.1, 0.15) is 12.1 Å². The first-order valence-electron chi connectivity index (χ1n) is 37.0. The molecule has 2 aromatic rings. The van der Waals surface area contributed by atoms with E-state index in [0.717, 1.165) is 17.5 Å². The highest BCUT2D eigenvalue weighted by Crippen LogP contribution is 2.36. The third-order valence-corrected chi connectivity index (χ3v) is 19.6. The van der Waals surface area contributed by atoms with Gasteiger partial charge in [0.05, 0.1) is 142 Å². The fourth-order valence-corrected chi connectivity index (χ4v) is 13.2. The van der Waals surface area contributed by atoms with Gasteiger partial charge in [0, 0.05) is 84.7 Å². The van der Waals surface area contributed by atoms with Crippen molar-refractivity contribution in [2.45, 2.75) is 174 Å². The quantitative estimate of drug-likeness (QED) is 0.0404. The van der Waals surface area contributed by atoms with Crippen molar-refractivity contribution >= 4 is 59.0 Å². The second-order valence-electron chi connectivity index (χ2n) is 27.2. The number of imide groups is 2. The number of likely N-dealkylation sites (N-methyl/N-ethyl adjacent to an activating group) is 1. The van der Waals surface area contributed by atoms with Crippen LogP contribution in [0.25, 0.3) is 0 Å². The molecule has 4 N–H and O–H groups in total. The largest absolute Gasteiger partial charge is 0.382 e. The topological polar surface area (TPSA) is 307 Å². The average Bonchev–Trinajstić information content (AvgIpc) is 1.79. The predicted octanol–water partition coefficient (Wildman–Crippen LogP) is 6.52. The van der Waals surface area contributed by atoms with Crippen LogP contribution in [0.15, 0.2) is 66.7 Å². The lowest BCUT2D eigenvalue weighted by molar-refractivity contribution is -0.147. The van der Waals surface area contributed by atoms with Crippen LogP contribution in [0.5, 0.6) is 0 Å². The lowest BCUT2D eigenvalue weighted by atomic mass is 9.89. The molecule has 1 aliphatic carbocycles. The zero-order valence-corrected chi connectivity index (χ0v) is 63.0. The third kappa shape index (κ3) is 29.6. The Morgan fingerprint density at radius 3 is 1.73 bits per heavy atom. The normalized spacial score (nSPS) is 18.7. The first kappa shape index (κ1) is 86.8. The van der Waals surface area contributed by atoms with Gasteiger partial charge >= 0.3 is 6.03 Å². The molecule has 2 fully saturated rings. The summed E-state index contributed by atoms with van der Waals surface area (Å²) in [5.74, 6) is -3.87. The summed E-state index contributed by atoms with van der Waals surface area (Å²) in [6, 6.07) is 12.1. The highest BCUT2D eigenvalue weighted by Gasteiger charge is 2.45. The molecular weight excluding hydrogens is 1330 g/mol. The molecule has 0 aromatic heterocycles. The molecule has 2 aromatic carbocycles. The fraction of sp³-hybridized carbons (Fsp3) is 0.697. The number of methoxy groups -OCH3 is 3. The predicted molar refractivity (Wildman–Crippen MR) is 387 cm³/mol. The number of anilines is 1. The first-order valence-corrected chi connectivity index (χ1v) is 37.0. The van der Waals surface area contributed by atoms with Gasteiger partial charge in [0.25, 0.3) is 11.8 Å². The summed E-state index contributed by atoms with van der Waals surface area (Å²) in [5.41, 5.74) is 2.10. The van der Waals surface area contributed by atoms with Crippen LogP contribution in [0, 0.1) is 29.6 Å². The number of nitrogens with zero attached hydrogens (tertiary/aromatic N) is 4. The molecule has 10 amide bonds. The summed E-state index contributed by atoms with van der Waals surface area (Å²) >= 11 is 0. The van der Waals surface area contributed by atoms with E-state index in [1.807, 2.05) is 65.0 Å². The summed E-state index contributed by atoms with van der Waals surface area (Å²) in [6.07, 6.45) is 6.38. The van der Waals surface area contributed by atoms with Crippen molar-refractivity contribution in [3.63, 3.8) is 0 Å². The maximum absolute atomic E-state index is 15.0. The Kier molecular flexibility index (Phi) is 40.8. The number of urea groups is 1. The van der Waals surface area contributed by atoms with Crippen molar-refractivity contribution in [2.24, 2.45) is 29.6 Å². The Labute approximate surface area is 610 Å². The minimum atomic E-state index is -1.05. The van der Waals surface area contributed by atoms with E-state index in [1.54, 1.807) is 55.1 Å². The number of amides is 10. The fourth-order valence-electron chi connectivity index (χ4n) is 13.2. The molecule has 27 heteroatoms. The van der Waals surface area contributed by atoms with Crippen molar-refractivity contribution in [1.82, 2.24) is 35.6 Å². The Morgan fingerprint density at radius 2 is 1.20 bits per heavy atom. The molecule has 11 atom stereocenters. The van der Waals surface area contributed by atoms with E-state index in [0.29, 0.717) is 149 Å². The minimum absolute atomic E-state index is 0.0136. The van der Waals surface area contributed by atoms with E-state index in [1.165, 1.54) is 36.2 Å². The van der Waals surface area contributed by atoms with Crippen molar-refractivity contribution in [3.8, 4) is 0 Å². The average molecular weight is 1450 g/mol. The van der Waals surface area contributed by atoms with E-state index >= 15 is 4.79 Å². The number of carbonyl (C=O) groups excluding carboxylic acids is 9. The van der Waals surface area contributed by atoms with Crippen molar-refractivity contribution in [1.29, 1.82) is 0 Å². The number of unbranched alkanes of at least 4 members (excludes halogenated alkanes) is 2. The van der Waals surface area contributed by atoms with Crippen LogP contribution in [-0.4, -0.2) is 256 Å². The Hall–Kier alpha value is -6.79. The van der Waals surface area contributed by atoms with Gasteiger partial charge in [0.15, 0.2) is 0 Å². The first-order chi connectivity index (χ1) is 49.6. The zero-order valence-electron chi connectivity index (χ0n) is 63.0. The van der Waals surface area contributed by atoms with E-state index in [4.69, 9.17) is 47.4 Å². The molecule has 0 radical (unpaired) electrons. The van der Waals surface area contributed by atoms with Gasteiger partial charge in [-0.05, 0) is 85.5 Å². The Bertz CT molecular complexity index is 2890. The van der Waals surface area contributed by atoms with Gasteiger partial charge in [-0.1, -0.05) is 104 Å². The van der Waals surface area contributed by atoms with Gasteiger partial charge in [-0.3, -0.25) is 48.2 Å². The number of carbonyl (C=O) groups is 9. The molecule has 3 aliphatic rings. The maximum atomic E-state index is 15.0. The van der Waals surface area contributed by atoms with Crippen LogP contribution in [0.1, 0.15) is 130 Å². The molecule has 103 heavy (non-hydrogen) atoms. The number of likely N-dealkylation sites (tertiary alicyclic amines) is 1. The molecule has 2 aliphatic heterocycles. The van der Waals surface area contributed by atoms with E-state index in [9.17, 15) is 38.4 Å². The molecule has 2 unspecified atom stereocenters. The molecule has 0 bridgehead atoms. The van der Waals surface area contributed by atoms with E-state index in [2.05, 4.69) is 28.2 Å². The van der Waals surface area contributed by atoms with Crippen LogP contribution in [0.2, 0.25) is 0 Å². The standard InChI is InChI=1S/C76H120N8O19/c1-12-54(4)71(81(8)75(92)70(53(2)3)80-76(93)84(62-29-24-55(5)56(62)6)68(88)32-35-97-38-39-99-42-43-101-46-47-103-49-48-102-45-44-100-41-40-98-37-36-94-9)64(95-10)51-69(89)82-34-19-22-63(82)72(96-11)57(7)73(90)79-61(50-58-20-15-13-16-21-58)74(91)78-60-27-25-59(26-28-60)52-77-65(85)23-17-14-18-33-83-66(86)30-31-67(83)87/h13,15-16,20-21,25-28,30-31,53-57,61-64,70-72H,12,14,17-19,22-24,29,32-52H2,1-11H3,(H,77,85)(H,78,91)(H,79,90)(H,80,93)/t54-,55?,56-,57+,61-,62?,63-,64+,70-,71-,72+/m0/s1. The summed E-state index contributed by atoms with van der Waals surface area (Å²) in [7, 11) is 6.32. The molecule has 0 spiro atoms. The summed E-state index contributed by atoms with van der Waals surface area (Å²) in [4.78, 5) is 129. The lowest BCUT2D eigenvalue weighted by Crippen LogP contribution is -2.60. The minimum Gasteiger partial charge on any atom is -0.382 e. The summed E-state index contributed by atoms with van der Waals surface area (Å²) < 4.78 is 56.2. The van der Waals surface area contributed by atoms with E-state index < -0.39 is 77.9 Å². The maximum Gasteiger partial charge on any atom is 0.325 e. The van der Waals surface area contributed by atoms with Gasteiger partial charge in [-0.2, -0.15) is 0 Å². The van der Waals surface area contributed by atoms with Crippen molar-refractivity contribution in [2.75, 3.05) is 146 Å². The number of nitrogens with one attached hydrogen (secondary N) is 4. The van der Waals surface area contributed by atoms with Gasteiger partial charge in [0.2, 0.25) is 35.4 Å². The second-order valence-corrected chi connectivity index (χ2v) is 27.2. The van der Waals surface area contributed by atoms with Crippen molar-refractivity contribution in [3.05, 3.63) is 77.9 Å². The van der Waals surface area contributed by atoms with Crippen LogP contribution >= 0.6 is 0 Å². The third-order valence-electron chi connectivity index (χ3n) is 19.6. The number of benzene rings is 2. The monoisotopic (exact) mass is 1450 g/mol. The zero-order chi connectivity index (χ0) is 75.1. The molecule has 578 valence electrons. The molecule has 2 heterocycles. The number of hydrogen-bond donors (Lipinski definition) is 4. The molecule has 1 saturated carbocycles. The van der Waals surface area contributed by atoms with Crippen LogP contribution in [0.3, 0.4) is 0 Å². The van der Waals surface area contributed by atoms with Gasteiger partial charge in [-0.25, -0.2) is 4.79 Å². The number of ether oxygens (including phenoxy) is 10. The SMILES string of the molecule is CC[C@H](C)[C@@H]([C@@H](CC(=O)N1CCC[C@H]1[C@H](OC)[C@@H](C)C(=O)N[C@@H](Cc1ccccc1)C(=O)Nc1ccc(CNC(=O)CCCCCN2C(=O)C=CC2=O)cc1)OC)N(C)C(=O)[C@@H](NC(=O)N(C(=O)CCOCCOCCOCCOCCOCCOCCOCCOC)C1CCC(C)[C@@H]1C)C(C)C. The van der Waals surface area contributed by atoms with E-state index in [-0.39, 0.29) is 93.1 Å². The smallest absolute Gasteiger partial charge is 0.325 e. The summed E-state index contributed by atoms with van der Waals surface area (Å²) in [5, 5.41) is 11.9. The highest BCUT2D eigenvalue weighted by molar-refractivity contribution is 6.12. The molecule has 5 rings (SSSR count). The Balaban J connectivity index is 1.11. The summed E-state index contributed by atoms with van der Waals surface area (Å²) in [6.45, 7) is 20.5. The molecule has 27 nitrogen and oxygen atoms in total. The van der Waals surface area contributed by atoms with Gasteiger partial charge < -0.3 is 78.4 Å². The number of rotatable bonds is 52. The molecular formula is C76H120N8O19. The lowest BCUT2D eigenvalue weighted by Gasteiger charge is -2.41. The molecule has 1 saturated heterocycles. The Morgan fingerprint density at radius 1 is 0.631 bits per heavy atom. The van der Waals surface area contributed by atoms with Crippen LogP contribution in [0.4, 0.5) is 10.5 Å². The van der Waals surface area contributed by atoms with Gasteiger partial charge in [-0.15, -0.1) is 0 Å².